The van der Waals surface area contributed by atoms with Gasteiger partial charge in [-0.1, -0.05) is 6.07 Å². The van der Waals surface area contributed by atoms with Crippen molar-refractivity contribution in [1.82, 2.24) is 5.32 Å². The molecule has 1 heterocycles. The first kappa shape index (κ1) is 12.9. The summed E-state index contributed by atoms with van der Waals surface area (Å²) in [7, 11) is -3.35. The second kappa shape index (κ2) is 4.76. The maximum absolute atomic E-state index is 13.3. The zero-order chi connectivity index (χ0) is 13.5. The minimum absolute atomic E-state index is 0.0689. The number of halogens is 1. The van der Waals surface area contributed by atoms with Crippen LogP contribution in [0, 0.1) is 5.82 Å². The molecule has 1 saturated carbocycles. The van der Waals surface area contributed by atoms with Crippen molar-refractivity contribution in [2.24, 2.45) is 0 Å². The molecule has 0 amide bonds. The highest BCUT2D eigenvalue weighted by Gasteiger charge is 2.30. The van der Waals surface area contributed by atoms with Gasteiger partial charge in [0, 0.05) is 19.1 Å². The molecule has 0 unspecified atom stereocenters. The van der Waals surface area contributed by atoms with Gasteiger partial charge >= 0.3 is 0 Å². The summed E-state index contributed by atoms with van der Waals surface area (Å²) in [6.07, 6.45) is 2.93. The van der Waals surface area contributed by atoms with Gasteiger partial charge in [-0.15, -0.1) is 0 Å². The zero-order valence-electron chi connectivity index (χ0n) is 10.6. The van der Waals surface area contributed by atoms with Crippen LogP contribution in [0.25, 0.3) is 0 Å². The molecule has 2 aliphatic rings. The Labute approximate surface area is 112 Å². The van der Waals surface area contributed by atoms with Gasteiger partial charge in [0.05, 0.1) is 11.4 Å². The molecule has 1 aliphatic carbocycles. The highest BCUT2D eigenvalue weighted by Crippen LogP contribution is 2.31. The van der Waals surface area contributed by atoms with Gasteiger partial charge in [-0.05, 0) is 37.0 Å². The highest BCUT2D eigenvalue weighted by atomic mass is 32.2. The lowest BCUT2D eigenvalue weighted by molar-refractivity contribution is 0.586. The van der Waals surface area contributed by atoms with E-state index in [0.717, 1.165) is 18.4 Å². The summed E-state index contributed by atoms with van der Waals surface area (Å²) < 4.78 is 39.1. The van der Waals surface area contributed by atoms with Crippen LogP contribution in [-0.4, -0.2) is 33.3 Å². The number of fused-ring (bicyclic) bond motifs is 1. The van der Waals surface area contributed by atoms with E-state index in [4.69, 9.17) is 0 Å². The van der Waals surface area contributed by atoms with E-state index in [2.05, 4.69) is 5.32 Å². The summed E-state index contributed by atoms with van der Waals surface area (Å²) in [5.74, 6) is -0.323. The van der Waals surface area contributed by atoms with Crippen LogP contribution in [0.2, 0.25) is 0 Å². The van der Waals surface area contributed by atoms with Crippen molar-refractivity contribution in [3.63, 3.8) is 0 Å². The fraction of sp³-hybridized carbons (Fsp3) is 0.538. The molecule has 1 aliphatic heterocycles. The Kier molecular flexibility index (Phi) is 3.22. The summed E-state index contributed by atoms with van der Waals surface area (Å²) in [6.45, 7) is 0.888. The van der Waals surface area contributed by atoms with E-state index in [1.54, 1.807) is 6.07 Å². The molecule has 104 valence electrons. The molecule has 4 nitrogen and oxygen atoms in total. The molecule has 0 aromatic heterocycles. The number of benzene rings is 1. The quantitative estimate of drug-likeness (QED) is 0.886. The fourth-order valence-corrected chi connectivity index (χ4v) is 3.84. The van der Waals surface area contributed by atoms with Crippen LogP contribution in [-0.2, 0) is 16.4 Å². The number of sulfonamides is 1. The second-order valence-corrected chi connectivity index (χ2v) is 7.15. The molecule has 0 radical (unpaired) electrons. The van der Waals surface area contributed by atoms with E-state index in [-0.39, 0.29) is 5.75 Å². The average Bonchev–Trinajstić information content (AvgIpc) is 3.06. The number of hydrogen-bond acceptors (Lipinski definition) is 3. The Bertz CT molecular complexity index is 584. The Balaban J connectivity index is 1.73. The molecule has 3 rings (SSSR count). The van der Waals surface area contributed by atoms with Gasteiger partial charge < -0.3 is 5.32 Å². The summed E-state index contributed by atoms with van der Waals surface area (Å²) in [5, 5.41) is 3.19. The molecule has 19 heavy (non-hydrogen) atoms. The highest BCUT2D eigenvalue weighted by molar-refractivity contribution is 7.92. The number of hydrogen-bond donors (Lipinski definition) is 1. The number of anilines is 1. The largest absolute Gasteiger partial charge is 0.313 e. The second-order valence-electron chi connectivity index (χ2n) is 5.14. The molecule has 0 bridgehead atoms. The van der Waals surface area contributed by atoms with Crippen LogP contribution in [0.15, 0.2) is 18.2 Å². The Hall–Kier alpha value is -1.14. The van der Waals surface area contributed by atoms with Crippen LogP contribution >= 0.6 is 0 Å². The normalized spacial score (nSPS) is 18.7. The van der Waals surface area contributed by atoms with Gasteiger partial charge in [-0.2, -0.15) is 0 Å². The SMILES string of the molecule is O=S(=O)(CCNC1CC1)N1CCc2ccc(F)cc21. The fourth-order valence-electron chi connectivity index (χ4n) is 2.40. The van der Waals surface area contributed by atoms with Gasteiger partial charge in [-0.25, -0.2) is 12.8 Å². The Morgan fingerprint density at radius 2 is 2.16 bits per heavy atom. The first-order chi connectivity index (χ1) is 9.06. The Morgan fingerprint density at radius 1 is 1.37 bits per heavy atom. The molecule has 1 N–H and O–H groups in total. The molecular weight excluding hydrogens is 267 g/mol. The first-order valence-electron chi connectivity index (χ1n) is 6.58. The number of nitrogens with one attached hydrogen (secondary N) is 1. The van der Waals surface area contributed by atoms with Crippen molar-refractivity contribution >= 4 is 15.7 Å². The van der Waals surface area contributed by atoms with Crippen LogP contribution < -0.4 is 9.62 Å². The van der Waals surface area contributed by atoms with Gasteiger partial charge in [-0.3, -0.25) is 4.31 Å². The van der Waals surface area contributed by atoms with E-state index < -0.39 is 15.8 Å². The molecule has 1 aromatic rings. The predicted octanol–water partition coefficient (Wildman–Crippen LogP) is 1.27. The van der Waals surface area contributed by atoms with Crippen molar-refractivity contribution < 1.29 is 12.8 Å². The van der Waals surface area contributed by atoms with E-state index in [0.29, 0.717) is 31.2 Å². The molecule has 1 fully saturated rings. The summed E-state index contributed by atoms with van der Waals surface area (Å²) in [5.41, 5.74) is 1.41. The summed E-state index contributed by atoms with van der Waals surface area (Å²) >= 11 is 0. The number of rotatable bonds is 5. The average molecular weight is 284 g/mol. The van der Waals surface area contributed by atoms with Crippen molar-refractivity contribution in [1.29, 1.82) is 0 Å². The van der Waals surface area contributed by atoms with E-state index in [1.165, 1.54) is 16.4 Å². The van der Waals surface area contributed by atoms with Crippen LogP contribution in [0.3, 0.4) is 0 Å². The molecule has 1 aromatic carbocycles. The zero-order valence-corrected chi connectivity index (χ0v) is 11.4. The lowest BCUT2D eigenvalue weighted by atomic mass is 10.2. The predicted molar refractivity (Wildman–Crippen MR) is 72.3 cm³/mol. The van der Waals surface area contributed by atoms with Crippen molar-refractivity contribution in [3.05, 3.63) is 29.6 Å². The molecule has 0 spiro atoms. The third-order valence-electron chi connectivity index (χ3n) is 3.61. The van der Waals surface area contributed by atoms with Crippen LogP contribution in [0.5, 0.6) is 0 Å². The van der Waals surface area contributed by atoms with Gasteiger partial charge in [0.15, 0.2) is 0 Å². The molecular formula is C13H17FN2O2S. The first-order valence-corrected chi connectivity index (χ1v) is 8.19. The summed E-state index contributed by atoms with van der Waals surface area (Å²) in [4.78, 5) is 0. The summed E-state index contributed by atoms with van der Waals surface area (Å²) in [6, 6.07) is 4.86. The lowest BCUT2D eigenvalue weighted by Crippen LogP contribution is -2.35. The van der Waals surface area contributed by atoms with Gasteiger partial charge in [0.1, 0.15) is 5.82 Å². The molecule has 0 saturated heterocycles. The van der Waals surface area contributed by atoms with Crippen LogP contribution in [0.4, 0.5) is 10.1 Å². The van der Waals surface area contributed by atoms with Gasteiger partial charge in [0.2, 0.25) is 10.0 Å². The minimum atomic E-state index is -3.35. The smallest absolute Gasteiger partial charge is 0.236 e. The maximum atomic E-state index is 13.3. The maximum Gasteiger partial charge on any atom is 0.236 e. The van der Waals surface area contributed by atoms with Crippen molar-refractivity contribution in [2.75, 3.05) is 23.1 Å². The van der Waals surface area contributed by atoms with Crippen molar-refractivity contribution in [3.8, 4) is 0 Å². The van der Waals surface area contributed by atoms with Crippen molar-refractivity contribution in [2.45, 2.75) is 25.3 Å². The molecule has 6 heteroatoms. The monoisotopic (exact) mass is 284 g/mol. The Morgan fingerprint density at radius 3 is 2.89 bits per heavy atom. The minimum Gasteiger partial charge on any atom is -0.313 e. The molecule has 0 atom stereocenters. The van der Waals surface area contributed by atoms with E-state index in [1.807, 2.05) is 0 Å². The van der Waals surface area contributed by atoms with Gasteiger partial charge in [0.25, 0.3) is 0 Å². The lowest BCUT2D eigenvalue weighted by Gasteiger charge is -2.19. The standard InChI is InChI=1S/C13H17FN2O2S/c14-11-2-1-10-5-7-16(13(10)9-11)19(17,18)8-6-15-12-3-4-12/h1-2,9,12,15H,3-8H2. The topological polar surface area (TPSA) is 49.4 Å². The van der Waals surface area contributed by atoms with E-state index >= 15 is 0 Å². The van der Waals surface area contributed by atoms with Crippen LogP contribution in [0.1, 0.15) is 18.4 Å². The third kappa shape index (κ3) is 2.74. The number of nitrogens with zero attached hydrogens (tertiary/aromatic N) is 1. The van der Waals surface area contributed by atoms with E-state index in [9.17, 15) is 12.8 Å². The third-order valence-corrected chi connectivity index (χ3v) is 5.38.